The summed E-state index contributed by atoms with van der Waals surface area (Å²) in [7, 11) is 0. The number of rotatable bonds is 4. The summed E-state index contributed by atoms with van der Waals surface area (Å²) in [4.78, 5) is 9.13. The molecule has 154 valence electrons. The molecule has 4 heteroatoms. The van der Waals surface area contributed by atoms with Gasteiger partial charge in [0.25, 0.3) is 0 Å². The van der Waals surface area contributed by atoms with E-state index >= 15 is 0 Å². The lowest BCUT2D eigenvalue weighted by molar-refractivity contribution is 0.560. The minimum atomic E-state index is 0.0533. The van der Waals surface area contributed by atoms with Crippen molar-refractivity contribution in [1.82, 2.24) is 20.2 Å². The molecule has 0 bridgehead atoms. The van der Waals surface area contributed by atoms with Gasteiger partial charge in [-0.1, -0.05) is 58.0 Å². The second kappa shape index (κ2) is 6.37. The predicted octanol–water partition coefficient (Wildman–Crippen LogP) is 5.30. The molecular weight excluding hydrogens is 368 g/mol. The van der Waals surface area contributed by atoms with Crippen LogP contribution in [-0.4, -0.2) is 20.2 Å². The summed E-state index contributed by atoms with van der Waals surface area (Å²) in [6.45, 7) is 11.6. The van der Waals surface area contributed by atoms with E-state index in [1.54, 1.807) is 6.33 Å². The van der Waals surface area contributed by atoms with Crippen molar-refractivity contribution in [2.45, 2.75) is 70.1 Å². The number of benzene rings is 1. The molecule has 0 atom stereocenters. The molecule has 0 aliphatic heterocycles. The number of nitrogens with one attached hydrogen (secondary N) is 1. The van der Waals surface area contributed by atoms with Crippen molar-refractivity contribution in [3.63, 3.8) is 0 Å². The number of fused-ring (bicyclic) bond motifs is 1. The van der Waals surface area contributed by atoms with Crippen molar-refractivity contribution in [3.05, 3.63) is 88.3 Å². The highest BCUT2D eigenvalue weighted by Crippen LogP contribution is 2.55. The minimum Gasteiger partial charge on any atom is -0.263 e. The molecule has 4 nitrogen and oxygen atoms in total. The summed E-state index contributed by atoms with van der Waals surface area (Å²) >= 11 is 0. The number of aryl methyl sites for hydroxylation is 1. The van der Waals surface area contributed by atoms with Gasteiger partial charge in [-0.15, -0.1) is 0 Å². The van der Waals surface area contributed by atoms with E-state index in [0.717, 1.165) is 17.8 Å². The number of aromatic amines is 1. The third-order valence-corrected chi connectivity index (χ3v) is 7.09. The lowest BCUT2D eigenvalue weighted by Crippen LogP contribution is -2.30. The molecular formula is C26H30N4. The Morgan fingerprint density at radius 1 is 0.900 bits per heavy atom. The van der Waals surface area contributed by atoms with Crippen LogP contribution in [0.5, 0.6) is 0 Å². The number of pyridine rings is 1. The number of hydrogen-bond acceptors (Lipinski definition) is 3. The molecule has 3 aromatic rings. The second-order valence-electron chi connectivity index (χ2n) is 10.2. The summed E-state index contributed by atoms with van der Waals surface area (Å²) < 4.78 is 0. The molecule has 0 unspecified atom stereocenters. The van der Waals surface area contributed by atoms with Gasteiger partial charge in [-0.3, -0.25) is 10.1 Å². The molecule has 0 amide bonds. The van der Waals surface area contributed by atoms with Gasteiger partial charge >= 0.3 is 0 Å². The molecule has 2 heterocycles. The molecule has 1 N–H and O–H groups in total. The van der Waals surface area contributed by atoms with Gasteiger partial charge in [0.05, 0.1) is 5.69 Å². The molecule has 2 aromatic heterocycles. The summed E-state index contributed by atoms with van der Waals surface area (Å²) in [6, 6.07) is 9.34. The van der Waals surface area contributed by atoms with Crippen molar-refractivity contribution in [2.75, 3.05) is 0 Å². The van der Waals surface area contributed by atoms with E-state index < -0.39 is 0 Å². The van der Waals surface area contributed by atoms with E-state index in [-0.39, 0.29) is 16.2 Å². The van der Waals surface area contributed by atoms with Gasteiger partial charge in [0.15, 0.2) is 0 Å². The second-order valence-corrected chi connectivity index (χ2v) is 10.2. The van der Waals surface area contributed by atoms with Crippen LogP contribution < -0.4 is 0 Å². The highest BCUT2D eigenvalue weighted by Gasteiger charge is 2.49. The predicted molar refractivity (Wildman–Crippen MR) is 120 cm³/mol. The van der Waals surface area contributed by atoms with Gasteiger partial charge in [-0.25, -0.2) is 4.98 Å². The Morgan fingerprint density at radius 3 is 2.17 bits per heavy atom. The Labute approximate surface area is 178 Å². The summed E-state index contributed by atoms with van der Waals surface area (Å²) in [6.07, 6.45) is 11.4. The van der Waals surface area contributed by atoms with Crippen LogP contribution in [0, 0.1) is 6.92 Å². The van der Waals surface area contributed by atoms with Crippen molar-refractivity contribution in [2.24, 2.45) is 0 Å². The highest BCUT2D eigenvalue weighted by atomic mass is 15.2. The van der Waals surface area contributed by atoms with Gasteiger partial charge < -0.3 is 0 Å². The molecule has 5 rings (SSSR count). The van der Waals surface area contributed by atoms with Crippen LogP contribution in [0.4, 0.5) is 0 Å². The summed E-state index contributed by atoms with van der Waals surface area (Å²) in [5.41, 5.74) is 8.30. The fraction of sp³-hybridized carbons (Fsp3) is 0.423. The zero-order valence-corrected chi connectivity index (χ0v) is 18.6. The van der Waals surface area contributed by atoms with Crippen LogP contribution in [0.15, 0.2) is 48.9 Å². The first kappa shape index (κ1) is 19.2. The van der Waals surface area contributed by atoms with E-state index in [2.05, 4.69) is 86.2 Å². The topological polar surface area (TPSA) is 54.5 Å². The number of allylic oxidation sites excluding steroid dienone is 2. The molecule has 2 aliphatic carbocycles. The average Bonchev–Trinajstić information content (AvgIpc) is 3.35. The first-order valence-electron chi connectivity index (χ1n) is 10.9. The molecule has 1 saturated carbocycles. The Balaban J connectivity index is 1.53. The van der Waals surface area contributed by atoms with Crippen LogP contribution >= 0.6 is 0 Å². The molecule has 30 heavy (non-hydrogen) atoms. The number of hydrogen-bond donors (Lipinski definition) is 1. The smallest absolute Gasteiger partial charge is 0.137 e. The number of nitrogens with zero attached hydrogens (tertiary/aromatic N) is 3. The molecule has 2 aliphatic rings. The van der Waals surface area contributed by atoms with Crippen molar-refractivity contribution in [3.8, 4) is 0 Å². The Hall–Kier alpha value is -2.75. The van der Waals surface area contributed by atoms with Crippen molar-refractivity contribution in [1.29, 1.82) is 0 Å². The fourth-order valence-electron chi connectivity index (χ4n) is 5.00. The lowest BCUT2D eigenvalue weighted by Gasteiger charge is -2.38. The molecule has 0 radical (unpaired) electrons. The van der Waals surface area contributed by atoms with E-state index in [1.807, 2.05) is 6.20 Å². The van der Waals surface area contributed by atoms with Crippen LogP contribution in [0.2, 0.25) is 0 Å². The maximum atomic E-state index is 4.91. The molecule has 1 fully saturated rings. The van der Waals surface area contributed by atoms with Crippen LogP contribution in [0.3, 0.4) is 0 Å². The number of H-pyrrole nitrogens is 1. The maximum Gasteiger partial charge on any atom is 0.137 e. The summed E-state index contributed by atoms with van der Waals surface area (Å²) in [5, 5.41) is 6.86. The van der Waals surface area contributed by atoms with Gasteiger partial charge in [-0.05, 0) is 53.6 Å². The molecule has 0 spiro atoms. The van der Waals surface area contributed by atoms with Crippen LogP contribution in [0.25, 0.3) is 0 Å². The van der Waals surface area contributed by atoms with Crippen molar-refractivity contribution < 1.29 is 0 Å². The van der Waals surface area contributed by atoms with Gasteiger partial charge in [0.1, 0.15) is 12.2 Å². The van der Waals surface area contributed by atoms with Gasteiger partial charge in [-0.2, -0.15) is 5.10 Å². The van der Waals surface area contributed by atoms with Crippen molar-refractivity contribution >= 4 is 0 Å². The maximum absolute atomic E-state index is 4.91. The average molecular weight is 399 g/mol. The third kappa shape index (κ3) is 3.01. The first-order chi connectivity index (χ1) is 14.2. The van der Waals surface area contributed by atoms with E-state index in [4.69, 9.17) is 4.98 Å². The highest BCUT2D eigenvalue weighted by molar-refractivity contribution is 5.56. The normalized spacial score (nSPS) is 20.0. The van der Waals surface area contributed by atoms with Crippen LogP contribution in [0.1, 0.15) is 79.9 Å². The van der Waals surface area contributed by atoms with E-state index in [1.165, 1.54) is 40.8 Å². The van der Waals surface area contributed by atoms with Gasteiger partial charge in [0.2, 0.25) is 0 Å². The Morgan fingerprint density at radius 2 is 1.60 bits per heavy atom. The standard InChI is InChI=1S/C26H30N4/c1-17-12-20-21(25(4,5)9-8-24(20,2)3)14-19(17)26(10-11-26)22-7-6-18(15-27-22)13-23-28-16-29-30-23/h6-9,12,14-16H,10-11,13H2,1-5H3,(H,28,29,30). The molecule has 0 saturated heterocycles. The van der Waals surface area contributed by atoms with Gasteiger partial charge in [0, 0.05) is 28.9 Å². The zero-order chi connectivity index (χ0) is 21.1. The Kier molecular flexibility index (Phi) is 4.08. The number of aromatic nitrogens is 4. The monoisotopic (exact) mass is 398 g/mol. The largest absolute Gasteiger partial charge is 0.263 e. The van der Waals surface area contributed by atoms with E-state index in [0.29, 0.717) is 0 Å². The minimum absolute atomic E-state index is 0.0533. The van der Waals surface area contributed by atoms with Crippen LogP contribution in [-0.2, 0) is 22.7 Å². The quantitative estimate of drug-likeness (QED) is 0.607. The third-order valence-electron chi connectivity index (χ3n) is 7.09. The fourth-order valence-corrected chi connectivity index (χ4v) is 5.00. The van der Waals surface area contributed by atoms with E-state index in [9.17, 15) is 0 Å². The first-order valence-corrected chi connectivity index (χ1v) is 10.9. The molecule has 1 aromatic carbocycles. The zero-order valence-electron chi connectivity index (χ0n) is 18.6. The SMILES string of the molecule is Cc1cc2c(cc1C1(c3ccc(Cc4ncn[nH]4)cn3)CC1)C(C)(C)C=CC2(C)C. The lowest BCUT2D eigenvalue weighted by atomic mass is 9.66. The Bertz CT molecular complexity index is 1110. The summed E-state index contributed by atoms with van der Waals surface area (Å²) in [5.74, 6) is 0.870.